The number of ether oxygens (including phenoxy) is 1. The molecule has 1 unspecified atom stereocenters. The quantitative estimate of drug-likeness (QED) is 0.669. The monoisotopic (exact) mass is 348 g/mol. The molecule has 0 radical (unpaired) electrons. The lowest BCUT2D eigenvalue weighted by Gasteiger charge is -2.24. The zero-order chi connectivity index (χ0) is 17.9. The molecule has 0 bridgehead atoms. The normalized spacial score (nSPS) is 17.9. The highest BCUT2D eigenvalue weighted by Crippen LogP contribution is 2.37. The molecule has 24 heavy (non-hydrogen) atoms. The van der Waals surface area contributed by atoms with Gasteiger partial charge in [0.15, 0.2) is 0 Å². The van der Waals surface area contributed by atoms with Gasteiger partial charge in [0, 0.05) is 12.1 Å². The van der Waals surface area contributed by atoms with Crippen molar-refractivity contribution in [3.8, 4) is 0 Å². The van der Waals surface area contributed by atoms with Gasteiger partial charge in [-0.3, -0.25) is 9.59 Å². The van der Waals surface area contributed by atoms with E-state index < -0.39 is 5.60 Å². The molecule has 2 rings (SSSR count). The lowest BCUT2D eigenvalue weighted by molar-refractivity contribution is -0.155. The van der Waals surface area contributed by atoms with E-state index in [0.717, 1.165) is 11.3 Å². The second kappa shape index (κ2) is 7.30. The van der Waals surface area contributed by atoms with E-state index in [1.54, 1.807) is 4.90 Å². The summed E-state index contributed by atoms with van der Waals surface area (Å²) in [5.41, 5.74) is 6.87. The van der Waals surface area contributed by atoms with E-state index in [0.29, 0.717) is 12.8 Å². The number of para-hydroxylation sites is 1. The molecular formula is C18H24N2O3S. The number of anilines is 1. The molecule has 0 aliphatic carbocycles. The van der Waals surface area contributed by atoms with Crippen molar-refractivity contribution in [1.82, 2.24) is 0 Å². The zero-order valence-corrected chi connectivity index (χ0v) is 15.2. The second-order valence-electron chi connectivity index (χ2n) is 7.03. The average molecular weight is 348 g/mol. The van der Waals surface area contributed by atoms with Crippen molar-refractivity contribution in [3.05, 3.63) is 29.8 Å². The van der Waals surface area contributed by atoms with Gasteiger partial charge in [-0.1, -0.05) is 30.4 Å². The van der Waals surface area contributed by atoms with Gasteiger partial charge in [-0.15, -0.1) is 0 Å². The number of nitrogens with two attached hydrogens (primary N) is 1. The van der Waals surface area contributed by atoms with Crippen LogP contribution in [0.25, 0.3) is 0 Å². The van der Waals surface area contributed by atoms with E-state index >= 15 is 0 Å². The number of nitrogens with zero attached hydrogens (tertiary/aromatic N) is 1. The Morgan fingerprint density at radius 1 is 1.38 bits per heavy atom. The fraction of sp³-hybridized carbons (Fsp3) is 0.500. The first kappa shape index (κ1) is 18.4. The number of carbonyl (C=O) groups excluding carboxylic acids is 2. The lowest BCUT2D eigenvalue weighted by Crippen LogP contribution is -2.37. The molecule has 1 atom stereocenters. The van der Waals surface area contributed by atoms with Gasteiger partial charge in [0.25, 0.3) is 0 Å². The summed E-state index contributed by atoms with van der Waals surface area (Å²) in [5, 5.41) is 0. The van der Waals surface area contributed by atoms with Crippen LogP contribution in [0.3, 0.4) is 0 Å². The summed E-state index contributed by atoms with van der Waals surface area (Å²) in [6.07, 6.45) is 1.20. The van der Waals surface area contributed by atoms with E-state index in [1.807, 2.05) is 45.0 Å². The van der Waals surface area contributed by atoms with Crippen LogP contribution in [0.2, 0.25) is 0 Å². The van der Waals surface area contributed by atoms with Crippen LogP contribution < -0.4 is 10.6 Å². The third-order valence-corrected chi connectivity index (χ3v) is 3.95. The first-order valence-corrected chi connectivity index (χ1v) is 8.47. The van der Waals surface area contributed by atoms with Crippen molar-refractivity contribution in [2.45, 2.75) is 51.6 Å². The molecule has 1 aromatic carbocycles. The molecular weight excluding hydrogens is 324 g/mol. The van der Waals surface area contributed by atoms with E-state index in [4.69, 9.17) is 22.7 Å². The molecule has 1 heterocycles. The highest BCUT2D eigenvalue weighted by molar-refractivity contribution is 7.80. The summed E-state index contributed by atoms with van der Waals surface area (Å²) in [4.78, 5) is 26.6. The molecule has 0 fully saturated rings. The van der Waals surface area contributed by atoms with Crippen LogP contribution in [-0.2, 0) is 14.3 Å². The molecule has 0 aromatic heterocycles. The number of hydrogen-bond acceptors (Lipinski definition) is 4. The number of carbonyl (C=O) groups is 2. The van der Waals surface area contributed by atoms with Crippen molar-refractivity contribution >= 4 is 34.8 Å². The first-order chi connectivity index (χ1) is 11.2. The SMILES string of the molecule is CC(C)(C)OC(=O)CC1CCC(=O)N(CC(N)=S)c2ccccc21. The molecule has 5 nitrogen and oxygen atoms in total. The zero-order valence-electron chi connectivity index (χ0n) is 14.4. The topological polar surface area (TPSA) is 72.6 Å². The van der Waals surface area contributed by atoms with E-state index in [-0.39, 0.29) is 35.7 Å². The predicted octanol–water partition coefficient (Wildman–Crippen LogP) is 2.91. The van der Waals surface area contributed by atoms with Crippen molar-refractivity contribution in [3.63, 3.8) is 0 Å². The molecule has 1 amide bonds. The summed E-state index contributed by atoms with van der Waals surface area (Å²) in [6.45, 7) is 5.75. The first-order valence-electron chi connectivity index (χ1n) is 8.07. The fourth-order valence-electron chi connectivity index (χ4n) is 2.93. The third-order valence-electron chi connectivity index (χ3n) is 3.82. The van der Waals surface area contributed by atoms with Crippen molar-refractivity contribution in [2.24, 2.45) is 5.73 Å². The number of thiocarbonyl (C=S) groups is 1. The summed E-state index contributed by atoms with van der Waals surface area (Å²) >= 11 is 4.97. The van der Waals surface area contributed by atoms with Gasteiger partial charge < -0.3 is 15.4 Å². The maximum absolute atomic E-state index is 12.5. The molecule has 1 aliphatic heterocycles. The van der Waals surface area contributed by atoms with Gasteiger partial charge >= 0.3 is 5.97 Å². The smallest absolute Gasteiger partial charge is 0.306 e. The molecule has 2 N–H and O–H groups in total. The highest BCUT2D eigenvalue weighted by atomic mass is 32.1. The largest absolute Gasteiger partial charge is 0.460 e. The Kier molecular flexibility index (Phi) is 5.59. The second-order valence-corrected chi connectivity index (χ2v) is 7.56. The Labute approximate surface area is 148 Å². The van der Waals surface area contributed by atoms with E-state index in [9.17, 15) is 9.59 Å². The van der Waals surface area contributed by atoms with E-state index in [2.05, 4.69) is 0 Å². The van der Waals surface area contributed by atoms with Crippen molar-refractivity contribution in [1.29, 1.82) is 0 Å². The standard InChI is InChI=1S/C18H24N2O3S/c1-18(2,3)23-17(22)10-12-8-9-16(21)20(11-15(19)24)14-7-5-4-6-13(12)14/h4-7,12H,8-11H2,1-3H3,(H2,19,24). The minimum absolute atomic E-state index is 0.0260. The number of hydrogen-bond donors (Lipinski definition) is 1. The van der Waals surface area contributed by atoms with Gasteiger partial charge in [-0.25, -0.2) is 0 Å². The van der Waals surface area contributed by atoms with E-state index in [1.165, 1.54) is 0 Å². The molecule has 0 saturated heterocycles. The van der Waals surface area contributed by atoms with Crippen LogP contribution in [0, 0.1) is 0 Å². The summed E-state index contributed by atoms with van der Waals surface area (Å²) < 4.78 is 5.44. The fourth-order valence-corrected chi connectivity index (χ4v) is 3.06. The molecule has 6 heteroatoms. The predicted molar refractivity (Wildman–Crippen MR) is 98.0 cm³/mol. The van der Waals surface area contributed by atoms with Gasteiger partial charge in [-0.05, 0) is 44.7 Å². The van der Waals surface area contributed by atoms with Crippen LogP contribution in [0.1, 0.15) is 51.5 Å². The lowest BCUT2D eigenvalue weighted by atomic mass is 9.91. The van der Waals surface area contributed by atoms with Gasteiger partial charge in [0.05, 0.1) is 18.0 Å². The Bertz CT molecular complexity index is 652. The Hall–Kier alpha value is -1.95. The van der Waals surface area contributed by atoms with Crippen LogP contribution >= 0.6 is 12.2 Å². The number of rotatable bonds is 4. The summed E-state index contributed by atoms with van der Waals surface area (Å²) in [6, 6.07) is 7.61. The van der Waals surface area contributed by atoms with Gasteiger partial charge in [0.1, 0.15) is 5.60 Å². The number of fused-ring (bicyclic) bond motifs is 1. The molecule has 0 saturated carbocycles. The summed E-state index contributed by atoms with van der Waals surface area (Å²) in [5.74, 6) is -0.337. The molecule has 130 valence electrons. The maximum Gasteiger partial charge on any atom is 0.306 e. The number of benzene rings is 1. The van der Waals surface area contributed by atoms with Crippen LogP contribution in [0.15, 0.2) is 24.3 Å². The Balaban J connectivity index is 2.29. The third kappa shape index (κ3) is 4.77. The molecule has 0 spiro atoms. The number of esters is 1. The minimum atomic E-state index is -0.519. The molecule has 1 aliphatic rings. The van der Waals surface area contributed by atoms with Crippen LogP contribution in [-0.4, -0.2) is 29.0 Å². The molecule has 1 aromatic rings. The van der Waals surface area contributed by atoms with Gasteiger partial charge in [0.2, 0.25) is 5.91 Å². The maximum atomic E-state index is 12.5. The van der Waals surface area contributed by atoms with Crippen LogP contribution in [0.4, 0.5) is 5.69 Å². The Morgan fingerprint density at radius 2 is 2.04 bits per heavy atom. The number of amides is 1. The summed E-state index contributed by atoms with van der Waals surface area (Å²) in [7, 11) is 0. The Morgan fingerprint density at radius 3 is 2.67 bits per heavy atom. The van der Waals surface area contributed by atoms with Crippen molar-refractivity contribution < 1.29 is 14.3 Å². The average Bonchev–Trinajstić information content (AvgIpc) is 2.57. The van der Waals surface area contributed by atoms with Gasteiger partial charge in [-0.2, -0.15) is 0 Å². The minimum Gasteiger partial charge on any atom is -0.460 e. The highest BCUT2D eigenvalue weighted by Gasteiger charge is 2.30. The van der Waals surface area contributed by atoms with Crippen LogP contribution in [0.5, 0.6) is 0 Å². The van der Waals surface area contributed by atoms with Crippen molar-refractivity contribution in [2.75, 3.05) is 11.4 Å².